The molecule has 0 fully saturated rings. The van der Waals surface area contributed by atoms with Crippen LogP contribution in [-0.4, -0.2) is 15.2 Å². The fourth-order valence-corrected chi connectivity index (χ4v) is 4.63. The maximum absolute atomic E-state index is 13.2. The van der Waals surface area contributed by atoms with Gasteiger partial charge in [0, 0.05) is 11.3 Å². The summed E-state index contributed by atoms with van der Waals surface area (Å²) in [6, 6.07) is 14.8. The molecule has 26 heavy (non-hydrogen) atoms. The van der Waals surface area contributed by atoms with Gasteiger partial charge < -0.3 is 0 Å². The van der Waals surface area contributed by atoms with Crippen molar-refractivity contribution in [2.24, 2.45) is 0 Å². The zero-order valence-electron chi connectivity index (χ0n) is 14.4. The van der Waals surface area contributed by atoms with Crippen molar-refractivity contribution in [3.05, 3.63) is 70.5 Å². The van der Waals surface area contributed by atoms with Crippen LogP contribution < -0.4 is 0 Å². The van der Waals surface area contributed by atoms with E-state index in [0.717, 1.165) is 37.3 Å². The van der Waals surface area contributed by atoms with Crippen LogP contribution in [0, 0.1) is 19.7 Å². The predicted octanol–water partition coefficient (Wildman–Crippen LogP) is 5.80. The lowest BCUT2D eigenvalue weighted by molar-refractivity contribution is 0.628. The Kier molecular flexibility index (Phi) is 4.70. The molecule has 130 valence electrons. The van der Waals surface area contributed by atoms with Crippen molar-refractivity contribution in [1.29, 1.82) is 0 Å². The minimum Gasteiger partial charge on any atom is -0.238 e. The van der Waals surface area contributed by atoms with Gasteiger partial charge in [0.15, 0.2) is 0 Å². The molecule has 4 rings (SSSR count). The summed E-state index contributed by atoms with van der Waals surface area (Å²) in [6.07, 6.45) is 0. The first-order chi connectivity index (χ1) is 12.6. The molecule has 4 aromatic rings. The maximum Gasteiger partial charge on any atom is 0.146 e. The molecule has 0 aliphatic heterocycles. The maximum atomic E-state index is 13.2. The molecule has 6 heteroatoms. The fraction of sp³-hybridized carbons (Fsp3) is 0.150. The minimum atomic E-state index is -0.260. The van der Waals surface area contributed by atoms with E-state index in [0.29, 0.717) is 0 Å². The largest absolute Gasteiger partial charge is 0.238 e. The van der Waals surface area contributed by atoms with Crippen molar-refractivity contribution in [3.8, 4) is 11.3 Å². The summed E-state index contributed by atoms with van der Waals surface area (Å²) in [6.45, 7) is 4.07. The third kappa shape index (κ3) is 3.48. The highest BCUT2D eigenvalue weighted by Crippen LogP contribution is 2.36. The van der Waals surface area contributed by atoms with Gasteiger partial charge in [-0.25, -0.2) is 9.37 Å². The molecule has 0 saturated carbocycles. The van der Waals surface area contributed by atoms with Gasteiger partial charge >= 0.3 is 0 Å². The van der Waals surface area contributed by atoms with Crippen molar-refractivity contribution < 1.29 is 4.39 Å². The Hall–Kier alpha value is -2.31. The summed E-state index contributed by atoms with van der Waals surface area (Å²) in [7, 11) is 0. The third-order valence-corrected chi connectivity index (χ3v) is 5.97. The molecule has 2 aromatic heterocycles. The summed E-state index contributed by atoms with van der Waals surface area (Å²) < 4.78 is 14.2. The standard InChI is InChI=1S/C20H16FN3S2/c1-12-4-3-5-14(10-12)11-25-20-18-19(26-13(2)22-18)17(23-24-20)15-6-8-16(21)9-7-15/h3-10H,11H2,1-2H3. The van der Waals surface area contributed by atoms with E-state index < -0.39 is 0 Å². The number of benzene rings is 2. The number of thioether (sulfide) groups is 1. The third-order valence-electron chi connectivity index (χ3n) is 3.97. The average Bonchev–Trinajstić information content (AvgIpc) is 3.02. The number of rotatable bonds is 4. The van der Waals surface area contributed by atoms with E-state index >= 15 is 0 Å². The first kappa shape index (κ1) is 17.1. The van der Waals surface area contributed by atoms with Crippen molar-refractivity contribution in [2.75, 3.05) is 0 Å². The Labute approximate surface area is 159 Å². The van der Waals surface area contributed by atoms with Crippen molar-refractivity contribution in [3.63, 3.8) is 0 Å². The number of hydrogen-bond acceptors (Lipinski definition) is 5. The SMILES string of the molecule is Cc1cccc(CSc2nnc(-c3ccc(F)cc3)c3sc(C)nc23)c1. The highest BCUT2D eigenvalue weighted by atomic mass is 32.2. The van der Waals surface area contributed by atoms with Crippen LogP contribution in [0.4, 0.5) is 4.39 Å². The van der Waals surface area contributed by atoms with Crippen LogP contribution in [0.2, 0.25) is 0 Å². The van der Waals surface area contributed by atoms with E-state index in [2.05, 4.69) is 46.4 Å². The van der Waals surface area contributed by atoms with Gasteiger partial charge in [0.05, 0.1) is 9.71 Å². The van der Waals surface area contributed by atoms with Gasteiger partial charge in [-0.3, -0.25) is 0 Å². The number of hydrogen-bond donors (Lipinski definition) is 0. The van der Waals surface area contributed by atoms with Crippen LogP contribution in [0.25, 0.3) is 21.5 Å². The van der Waals surface area contributed by atoms with Gasteiger partial charge in [-0.1, -0.05) is 41.6 Å². The van der Waals surface area contributed by atoms with Gasteiger partial charge in [-0.15, -0.1) is 21.5 Å². The Morgan fingerprint density at radius 1 is 1.04 bits per heavy atom. The van der Waals surface area contributed by atoms with Crippen molar-refractivity contribution >= 4 is 33.3 Å². The summed E-state index contributed by atoms with van der Waals surface area (Å²) in [5.74, 6) is 0.557. The summed E-state index contributed by atoms with van der Waals surface area (Å²) in [4.78, 5) is 4.67. The van der Waals surface area contributed by atoms with E-state index in [1.54, 1.807) is 35.2 Å². The molecule has 0 aliphatic carbocycles. The molecule has 0 radical (unpaired) electrons. The molecule has 0 spiro atoms. The second-order valence-electron chi connectivity index (χ2n) is 6.05. The minimum absolute atomic E-state index is 0.260. The molecule has 0 amide bonds. The number of thiazole rings is 1. The summed E-state index contributed by atoms with van der Waals surface area (Å²) >= 11 is 3.24. The first-order valence-corrected chi connectivity index (χ1v) is 9.98. The van der Waals surface area contributed by atoms with Crippen LogP contribution in [0.3, 0.4) is 0 Å². The van der Waals surface area contributed by atoms with E-state index in [1.807, 2.05) is 6.92 Å². The number of nitrogens with zero attached hydrogens (tertiary/aromatic N) is 3. The lowest BCUT2D eigenvalue weighted by atomic mass is 10.1. The topological polar surface area (TPSA) is 38.7 Å². The van der Waals surface area contributed by atoms with Crippen LogP contribution in [0.1, 0.15) is 16.1 Å². The van der Waals surface area contributed by atoms with E-state index in [9.17, 15) is 4.39 Å². The Morgan fingerprint density at radius 3 is 2.62 bits per heavy atom. The smallest absolute Gasteiger partial charge is 0.146 e. The molecule has 0 aliphatic rings. The molecule has 0 N–H and O–H groups in total. The van der Waals surface area contributed by atoms with Crippen LogP contribution in [-0.2, 0) is 5.75 Å². The van der Waals surface area contributed by atoms with Gasteiger partial charge in [-0.05, 0) is 43.7 Å². The number of fused-ring (bicyclic) bond motifs is 1. The Morgan fingerprint density at radius 2 is 1.85 bits per heavy atom. The Bertz CT molecular complexity index is 1070. The lowest BCUT2D eigenvalue weighted by Crippen LogP contribution is -1.93. The molecule has 0 bridgehead atoms. The van der Waals surface area contributed by atoms with E-state index in [1.165, 1.54) is 23.3 Å². The number of aromatic nitrogens is 3. The second-order valence-corrected chi connectivity index (χ2v) is 8.22. The summed E-state index contributed by atoms with van der Waals surface area (Å²) in [5.41, 5.74) is 4.97. The molecule has 0 unspecified atom stereocenters. The highest BCUT2D eigenvalue weighted by Gasteiger charge is 2.16. The second kappa shape index (κ2) is 7.13. The van der Waals surface area contributed by atoms with Gasteiger partial charge in [0.25, 0.3) is 0 Å². The zero-order chi connectivity index (χ0) is 18.1. The van der Waals surface area contributed by atoms with E-state index in [-0.39, 0.29) is 5.82 Å². The molecule has 3 nitrogen and oxygen atoms in total. The van der Waals surface area contributed by atoms with Gasteiger partial charge in [0.2, 0.25) is 0 Å². The van der Waals surface area contributed by atoms with Crippen molar-refractivity contribution in [1.82, 2.24) is 15.2 Å². The molecule has 0 saturated heterocycles. The molecular formula is C20H16FN3S2. The highest BCUT2D eigenvalue weighted by molar-refractivity contribution is 7.98. The van der Waals surface area contributed by atoms with Crippen LogP contribution in [0.15, 0.2) is 53.6 Å². The monoisotopic (exact) mass is 381 g/mol. The first-order valence-electron chi connectivity index (χ1n) is 8.18. The molecule has 0 atom stereocenters. The fourth-order valence-electron chi connectivity index (χ4n) is 2.77. The van der Waals surface area contributed by atoms with Crippen molar-refractivity contribution in [2.45, 2.75) is 24.6 Å². The zero-order valence-corrected chi connectivity index (χ0v) is 16.0. The number of halogens is 1. The van der Waals surface area contributed by atoms with Crippen LogP contribution in [0.5, 0.6) is 0 Å². The normalized spacial score (nSPS) is 11.2. The van der Waals surface area contributed by atoms with E-state index in [4.69, 9.17) is 0 Å². The lowest BCUT2D eigenvalue weighted by Gasteiger charge is -2.06. The average molecular weight is 382 g/mol. The quantitative estimate of drug-likeness (QED) is 0.419. The van der Waals surface area contributed by atoms with Gasteiger partial charge in [0.1, 0.15) is 22.1 Å². The molecular weight excluding hydrogens is 365 g/mol. The molecule has 2 heterocycles. The number of aryl methyl sites for hydroxylation is 2. The van der Waals surface area contributed by atoms with Gasteiger partial charge in [-0.2, -0.15) is 0 Å². The predicted molar refractivity (Wildman–Crippen MR) is 106 cm³/mol. The van der Waals surface area contributed by atoms with Crippen LogP contribution >= 0.6 is 23.1 Å². The molecule has 2 aromatic carbocycles. The summed E-state index contributed by atoms with van der Waals surface area (Å²) in [5, 5.41) is 10.6. The Balaban J connectivity index is 1.71.